The maximum Gasteiger partial charge on any atom is 0.337 e. The monoisotopic (exact) mass is 737 g/mol. The number of carboxylic acid groups (broad SMARTS) is 1. The van der Waals surface area contributed by atoms with Gasteiger partial charge < -0.3 is 25.5 Å². The first-order chi connectivity index (χ1) is 25.5. The summed E-state index contributed by atoms with van der Waals surface area (Å²) >= 11 is 6.08. The first kappa shape index (κ1) is 36.5. The number of pyridine rings is 1. The average Bonchev–Trinajstić information content (AvgIpc) is 3.69. The van der Waals surface area contributed by atoms with E-state index in [2.05, 4.69) is 31.1 Å². The molecular weight excluding hydrogens is 705 g/mol. The van der Waals surface area contributed by atoms with E-state index >= 15 is 4.39 Å². The molecule has 0 saturated carbocycles. The van der Waals surface area contributed by atoms with Crippen LogP contribution in [0.4, 0.5) is 10.2 Å². The number of anilines is 1. The second-order valence-corrected chi connectivity index (χ2v) is 12.7. The molecule has 0 aliphatic carbocycles. The molecule has 0 bridgehead atoms. The van der Waals surface area contributed by atoms with Crippen molar-refractivity contribution in [2.24, 2.45) is 0 Å². The summed E-state index contributed by atoms with van der Waals surface area (Å²) in [7, 11) is 3.85. The summed E-state index contributed by atoms with van der Waals surface area (Å²) in [5.74, 6) is -3.28. The summed E-state index contributed by atoms with van der Waals surface area (Å²) < 4.78 is 16.5. The van der Waals surface area contributed by atoms with Crippen LogP contribution in [0.25, 0.3) is 22.9 Å². The number of carboxylic acids is 1. The highest BCUT2D eigenvalue weighted by Gasteiger charge is 2.36. The largest absolute Gasteiger partial charge is 0.478 e. The van der Waals surface area contributed by atoms with Crippen LogP contribution in [0.15, 0.2) is 85.3 Å². The summed E-state index contributed by atoms with van der Waals surface area (Å²) in [5, 5.41) is 25.7. The lowest BCUT2D eigenvalue weighted by Crippen LogP contribution is -2.45. The smallest absolute Gasteiger partial charge is 0.337 e. The fourth-order valence-electron chi connectivity index (χ4n) is 5.98. The van der Waals surface area contributed by atoms with E-state index in [-0.39, 0.29) is 40.1 Å². The molecule has 14 nitrogen and oxygen atoms in total. The standard InChI is InChI=1S/C37H33ClFN9O5/c1-46(2)19-17-40-35(50)23-8-6-22(7-9-23)25-4-3-5-27-26(25)16-18-47(34(27)36(51)43-31-14-10-24(20-41-31)37(52)53)32(49)15-11-28-30(48-21-42-44-45-48)13-12-29(38)33(28)39/h3-15,20-21,34H,16-19H2,1-2H3,(H,40,50)(H,52,53)(H,41,43,51)/b15-11+. The third kappa shape index (κ3) is 8.11. The number of benzene rings is 3. The van der Waals surface area contributed by atoms with Crippen molar-refractivity contribution in [3.05, 3.63) is 124 Å². The maximum absolute atomic E-state index is 15.3. The van der Waals surface area contributed by atoms with Gasteiger partial charge in [0.25, 0.3) is 11.8 Å². The molecule has 0 spiro atoms. The first-order valence-corrected chi connectivity index (χ1v) is 16.7. The summed E-state index contributed by atoms with van der Waals surface area (Å²) in [4.78, 5) is 59.5. The van der Waals surface area contributed by atoms with Gasteiger partial charge in [-0.2, -0.15) is 4.68 Å². The minimum atomic E-state index is -1.18. The molecule has 2 aromatic heterocycles. The van der Waals surface area contributed by atoms with Gasteiger partial charge in [-0.1, -0.05) is 41.9 Å². The van der Waals surface area contributed by atoms with E-state index in [0.717, 1.165) is 29.0 Å². The molecular formula is C37H33ClFN9O5. The number of aromatic carboxylic acids is 1. The van der Waals surface area contributed by atoms with E-state index in [1.165, 1.54) is 46.3 Å². The number of nitrogens with one attached hydrogen (secondary N) is 2. The van der Waals surface area contributed by atoms with Crippen LogP contribution < -0.4 is 10.6 Å². The molecule has 1 unspecified atom stereocenters. The Kier molecular flexibility index (Phi) is 11.0. The van der Waals surface area contributed by atoms with Crippen LogP contribution in [0.3, 0.4) is 0 Å². The molecule has 270 valence electrons. The SMILES string of the molecule is CN(C)CCNC(=O)c1ccc(-c2cccc3c2CCN(C(=O)/C=C/c2c(-n4cnnn4)ccc(Cl)c2F)C3C(=O)Nc2ccc(C(=O)O)cn2)cc1. The first-order valence-electron chi connectivity index (χ1n) is 16.4. The maximum atomic E-state index is 15.3. The highest BCUT2D eigenvalue weighted by Crippen LogP contribution is 2.37. The van der Waals surface area contributed by atoms with Gasteiger partial charge in [-0.15, -0.1) is 5.10 Å². The zero-order valence-electron chi connectivity index (χ0n) is 28.5. The second kappa shape index (κ2) is 15.9. The fourth-order valence-corrected chi connectivity index (χ4v) is 6.15. The number of nitrogens with zero attached hydrogens (tertiary/aromatic N) is 7. The molecule has 53 heavy (non-hydrogen) atoms. The van der Waals surface area contributed by atoms with Crippen LogP contribution in [0.5, 0.6) is 0 Å². The number of rotatable bonds is 11. The molecule has 1 atom stereocenters. The van der Waals surface area contributed by atoms with Gasteiger partial charge in [-0.3, -0.25) is 14.4 Å². The van der Waals surface area contributed by atoms with E-state index in [1.54, 1.807) is 24.3 Å². The van der Waals surface area contributed by atoms with Crippen LogP contribution in [0.1, 0.15) is 43.4 Å². The van der Waals surface area contributed by atoms with Crippen molar-refractivity contribution in [3.63, 3.8) is 0 Å². The van der Waals surface area contributed by atoms with Crippen molar-refractivity contribution in [2.45, 2.75) is 12.5 Å². The quantitative estimate of drug-likeness (QED) is 0.166. The number of halogens is 2. The summed E-state index contributed by atoms with van der Waals surface area (Å²) in [6.45, 7) is 1.31. The summed E-state index contributed by atoms with van der Waals surface area (Å²) in [6.07, 6.45) is 5.16. The summed E-state index contributed by atoms with van der Waals surface area (Å²) in [6, 6.07) is 16.9. The number of aromatic nitrogens is 5. The fraction of sp³-hybridized carbons (Fsp3) is 0.189. The normalized spacial score (nSPS) is 13.9. The molecule has 1 aliphatic heterocycles. The number of hydrogen-bond donors (Lipinski definition) is 3. The Morgan fingerprint density at radius 3 is 2.49 bits per heavy atom. The number of amides is 3. The predicted molar refractivity (Wildman–Crippen MR) is 194 cm³/mol. The van der Waals surface area contributed by atoms with Gasteiger partial charge in [0.15, 0.2) is 5.82 Å². The number of carbonyl (C=O) groups is 4. The lowest BCUT2D eigenvalue weighted by Gasteiger charge is -2.36. The third-order valence-corrected chi connectivity index (χ3v) is 8.91. The second-order valence-electron chi connectivity index (χ2n) is 12.3. The highest BCUT2D eigenvalue weighted by atomic mass is 35.5. The number of carbonyl (C=O) groups excluding carboxylic acids is 3. The topological polar surface area (TPSA) is 176 Å². The Bertz CT molecular complexity index is 2190. The van der Waals surface area contributed by atoms with Crippen LogP contribution in [-0.2, 0) is 16.0 Å². The Morgan fingerprint density at radius 1 is 1.04 bits per heavy atom. The van der Waals surface area contributed by atoms with Crippen molar-refractivity contribution >= 4 is 47.2 Å². The van der Waals surface area contributed by atoms with Crippen molar-refractivity contribution in [1.82, 2.24) is 40.3 Å². The molecule has 0 fully saturated rings. The molecule has 0 saturated heterocycles. The number of tetrazole rings is 1. The van der Waals surface area contributed by atoms with E-state index in [9.17, 15) is 24.3 Å². The van der Waals surface area contributed by atoms with Gasteiger partial charge in [0.05, 0.1) is 16.3 Å². The predicted octanol–water partition coefficient (Wildman–Crippen LogP) is 4.28. The Balaban J connectivity index is 1.33. The van der Waals surface area contributed by atoms with Crippen molar-refractivity contribution < 1.29 is 28.7 Å². The van der Waals surface area contributed by atoms with E-state index in [4.69, 9.17) is 11.6 Å². The van der Waals surface area contributed by atoms with Crippen molar-refractivity contribution in [2.75, 3.05) is 39.0 Å². The number of hydrogen-bond acceptors (Lipinski definition) is 9. The zero-order chi connectivity index (χ0) is 37.6. The Morgan fingerprint density at radius 2 is 1.81 bits per heavy atom. The lowest BCUT2D eigenvalue weighted by molar-refractivity contribution is -0.135. The molecule has 3 N–H and O–H groups in total. The number of likely N-dealkylation sites (N-methyl/N-ethyl adjacent to an activating group) is 1. The van der Waals surface area contributed by atoms with E-state index < -0.39 is 29.6 Å². The molecule has 5 aromatic rings. The van der Waals surface area contributed by atoms with Crippen LogP contribution in [-0.4, -0.2) is 97.5 Å². The molecule has 3 heterocycles. The molecule has 6 rings (SSSR count). The summed E-state index contributed by atoms with van der Waals surface area (Å²) in [5.41, 5.74) is 3.61. The van der Waals surface area contributed by atoms with Crippen LogP contribution in [0.2, 0.25) is 5.02 Å². The molecule has 1 aliphatic rings. The minimum Gasteiger partial charge on any atom is -0.478 e. The van der Waals surface area contributed by atoms with Gasteiger partial charge in [-0.05, 0) is 95.7 Å². The molecule has 3 aromatic carbocycles. The number of fused-ring (bicyclic) bond motifs is 1. The van der Waals surface area contributed by atoms with Crippen molar-refractivity contribution in [1.29, 1.82) is 0 Å². The van der Waals surface area contributed by atoms with Crippen LogP contribution >= 0.6 is 11.6 Å². The minimum absolute atomic E-state index is 0.0450. The lowest BCUT2D eigenvalue weighted by atomic mass is 9.86. The Hall–Kier alpha value is -6.32. The molecule has 16 heteroatoms. The molecule has 0 radical (unpaired) electrons. The van der Waals surface area contributed by atoms with E-state index in [1.807, 2.05) is 37.2 Å². The van der Waals surface area contributed by atoms with Crippen LogP contribution in [0, 0.1) is 5.82 Å². The zero-order valence-corrected chi connectivity index (χ0v) is 29.3. The molecule has 3 amide bonds. The van der Waals surface area contributed by atoms with E-state index in [0.29, 0.717) is 30.6 Å². The van der Waals surface area contributed by atoms with Gasteiger partial charge in [0.1, 0.15) is 18.2 Å². The highest BCUT2D eigenvalue weighted by molar-refractivity contribution is 6.31. The Labute approximate surface area is 307 Å². The van der Waals surface area contributed by atoms with Gasteiger partial charge >= 0.3 is 5.97 Å². The average molecular weight is 738 g/mol. The third-order valence-electron chi connectivity index (χ3n) is 8.62. The van der Waals surface area contributed by atoms with Crippen molar-refractivity contribution in [3.8, 4) is 16.8 Å². The van der Waals surface area contributed by atoms with Gasteiger partial charge in [-0.25, -0.2) is 14.2 Å². The van der Waals surface area contributed by atoms with Gasteiger partial charge in [0.2, 0.25) is 5.91 Å². The van der Waals surface area contributed by atoms with Gasteiger partial charge in [0, 0.05) is 43.0 Å².